The predicted octanol–water partition coefficient (Wildman–Crippen LogP) is 5.29. The van der Waals surface area contributed by atoms with Crippen molar-refractivity contribution >= 4 is 16.9 Å². The number of fused-ring (bicyclic) bond motifs is 1. The van der Waals surface area contributed by atoms with Crippen molar-refractivity contribution in [3.05, 3.63) is 71.4 Å². The summed E-state index contributed by atoms with van der Waals surface area (Å²) in [6, 6.07) is 15.8. The van der Waals surface area contributed by atoms with Gasteiger partial charge in [-0.1, -0.05) is 30.3 Å². The van der Waals surface area contributed by atoms with Crippen molar-refractivity contribution in [1.82, 2.24) is 9.88 Å². The van der Waals surface area contributed by atoms with Crippen LogP contribution in [0.15, 0.2) is 54.7 Å². The number of hydrogen-bond donors (Lipinski definition) is 2. The summed E-state index contributed by atoms with van der Waals surface area (Å²) in [5.41, 5.74) is 8.15. The number of aliphatic carboxylic acids is 1. The molecule has 1 atom stereocenters. The van der Waals surface area contributed by atoms with Crippen molar-refractivity contribution in [3.8, 4) is 5.75 Å². The van der Waals surface area contributed by atoms with Gasteiger partial charge in [0.25, 0.3) is 0 Å². The monoisotopic (exact) mass is 493 g/mol. The second-order valence-corrected chi connectivity index (χ2v) is 9.81. The Kier molecular flexibility index (Phi) is 8.54. The Morgan fingerprint density at radius 1 is 1.22 bits per heavy atom. The number of rotatable bonds is 11. The minimum absolute atomic E-state index is 0.129. The highest BCUT2D eigenvalue weighted by Gasteiger charge is 2.41. The summed E-state index contributed by atoms with van der Waals surface area (Å²) in [6.07, 6.45) is 3.84. The van der Waals surface area contributed by atoms with Crippen molar-refractivity contribution in [1.29, 1.82) is 0 Å². The third kappa shape index (κ3) is 5.85. The maximum absolute atomic E-state index is 15.8. The zero-order valence-corrected chi connectivity index (χ0v) is 21.0. The first kappa shape index (κ1) is 26.0. The highest BCUT2D eigenvalue weighted by molar-refractivity contribution is 5.85. The van der Waals surface area contributed by atoms with E-state index in [-0.39, 0.29) is 13.0 Å². The number of carboxylic acids is 1. The van der Waals surface area contributed by atoms with E-state index in [1.54, 1.807) is 31.5 Å². The number of carbonyl (C=O) groups is 1. The Hall–Kier alpha value is -3.03. The number of likely N-dealkylation sites (tertiary alicyclic amines) is 1. The van der Waals surface area contributed by atoms with E-state index in [0.717, 1.165) is 32.5 Å². The first-order valence-electron chi connectivity index (χ1n) is 12.7. The van der Waals surface area contributed by atoms with Crippen LogP contribution in [0.5, 0.6) is 5.75 Å². The number of aryl methyl sites for hydroxylation is 1. The van der Waals surface area contributed by atoms with E-state index in [2.05, 4.69) is 34.1 Å². The maximum atomic E-state index is 15.8. The van der Waals surface area contributed by atoms with E-state index in [1.165, 1.54) is 5.56 Å². The minimum Gasteiger partial charge on any atom is -0.497 e. The molecular weight excluding hydrogens is 457 g/mol. The van der Waals surface area contributed by atoms with Crippen LogP contribution in [0.4, 0.5) is 4.39 Å². The molecule has 0 bridgehead atoms. The number of methoxy groups -OCH3 is 1. The van der Waals surface area contributed by atoms with E-state index >= 15 is 4.39 Å². The third-order valence-electron chi connectivity index (χ3n) is 7.66. The molecule has 1 fully saturated rings. The highest BCUT2D eigenvalue weighted by Crippen LogP contribution is 2.41. The molecule has 36 heavy (non-hydrogen) atoms. The van der Waals surface area contributed by atoms with Crippen LogP contribution in [-0.2, 0) is 17.8 Å². The molecule has 0 amide bonds. The van der Waals surface area contributed by atoms with Gasteiger partial charge in [0.1, 0.15) is 11.9 Å². The minimum atomic E-state index is -1.33. The van der Waals surface area contributed by atoms with Gasteiger partial charge in [-0.05, 0) is 87.5 Å². The number of benzene rings is 2. The van der Waals surface area contributed by atoms with Crippen molar-refractivity contribution in [3.63, 3.8) is 0 Å². The zero-order valence-electron chi connectivity index (χ0n) is 21.0. The fourth-order valence-electron chi connectivity index (χ4n) is 5.37. The Morgan fingerprint density at radius 2 is 1.97 bits per heavy atom. The van der Waals surface area contributed by atoms with Gasteiger partial charge in [0.05, 0.1) is 18.0 Å². The van der Waals surface area contributed by atoms with Gasteiger partial charge in [0.15, 0.2) is 0 Å². The molecule has 3 N–H and O–H groups in total. The van der Waals surface area contributed by atoms with Gasteiger partial charge in [-0.25, -0.2) is 4.39 Å². The highest BCUT2D eigenvalue weighted by atomic mass is 19.1. The third-order valence-corrected chi connectivity index (χ3v) is 7.66. The Morgan fingerprint density at radius 3 is 2.64 bits per heavy atom. The molecule has 1 aliphatic rings. The van der Waals surface area contributed by atoms with Crippen LogP contribution in [0, 0.1) is 5.41 Å². The summed E-state index contributed by atoms with van der Waals surface area (Å²) >= 11 is 0. The molecule has 7 heteroatoms. The number of halogens is 1. The number of nitrogens with zero attached hydrogens (tertiary/aromatic N) is 2. The Balaban J connectivity index is 1.40. The number of alkyl halides is 1. The lowest BCUT2D eigenvalue weighted by Crippen LogP contribution is -2.44. The van der Waals surface area contributed by atoms with Crippen LogP contribution >= 0.6 is 0 Å². The molecule has 2 aromatic carbocycles. The van der Waals surface area contributed by atoms with Gasteiger partial charge < -0.3 is 20.5 Å². The average molecular weight is 494 g/mol. The largest absolute Gasteiger partial charge is 0.497 e. The van der Waals surface area contributed by atoms with Crippen LogP contribution in [0.3, 0.4) is 0 Å². The van der Waals surface area contributed by atoms with E-state index in [9.17, 15) is 9.90 Å². The second kappa shape index (κ2) is 11.8. The maximum Gasteiger partial charge on any atom is 0.309 e. The molecule has 3 aromatic rings. The van der Waals surface area contributed by atoms with Crippen LogP contribution in [0.2, 0.25) is 0 Å². The van der Waals surface area contributed by atoms with Crippen LogP contribution in [0.25, 0.3) is 10.9 Å². The number of ether oxygens (including phenoxy) is 1. The second-order valence-electron chi connectivity index (χ2n) is 9.81. The summed E-state index contributed by atoms with van der Waals surface area (Å²) in [4.78, 5) is 19.1. The zero-order chi connectivity index (χ0) is 25.5. The van der Waals surface area contributed by atoms with Crippen LogP contribution < -0.4 is 10.5 Å². The quantitative estimate of drug-likeness (QED) is 0.377. The first-order chi connectivity index (χ1) is 17.5. The standard InChI is InChI=1S/C29H36FN3O3/c1-36-23-9-10-26-24(18-23)27(22(19-31)20-32-26)25(30)11-12-29(28(34)35)13-16-33(17-14-29)15-5-8-21-6-3-2-4-7-21/h2-4,6-7,9-10,18,20,25H,5,8,11-17,19,31H2,1H3,(H,34,35). The number of nitrogens with two attached hydrogens (primary N) is 1. The van der Waals surface area contributed by atoms with Gasteiger partial charge in [0.2, 0.25) is 0 Å². The van der Waals surface area contributed by atoms with Gasteiger partial charge >= 0.3 is 5.97 Å². The first-order valence-corrected chi connectivity index (χ1v) is 12.7. The van der Waals surface area contributed by atoms with Gasteiger partial charge in [-0.3, -0.25) is 9.78 Å². The number of pyridine rings is 1. The molecule has 192 valence electrons. The van der Waals surface area contributed by atoms with Crippen molar-refractivity contribution < 1.29 is 19.0 Å². The lowest BCUT2D eigenvalue weighted by atomic mass is 9.74. The van der Waals surface area contributed by atoms with E-state index < -0.39 is 17.6 Å². The fraction of sp³-hybridized carbons (Fsp3) is 0.448. The summed E-state index contributed by atoms with van der Waals surface area (Å²) in [6.45, 7) is 2.56. The van der Waals surface area contributed by atoms with Crippen molar-refractivity contribution in [2.24, 2.45) is 11.1 Å². The fourth-order valence-corrected chi connectivity index (χ4v) is 5.37. The Bertz CT molecular complexity index is 1160. The van der Waals surface area contributed by atoms with E-state index in [4.69, 9.17) is 10.5 Å². The molecular formula is C29H36FN3O3. The molecule has 6 nitrogen and oxygen atoms in total. The lowest BCUT2D eigenvalue weighted by molar-refractivity contribution is -0.153. The summed E-state index contributed by atoms with van der Waals surface area (Å²) in [5.74, 6) is -0.201. The van der Waals surface area contributed by atoms with E-state index in [0.29, 0.717) is 47.0 Å². The predicted molar refractivity (Wildman–Crippen MR) is 140 cm³/mol. The van der Waals surface area contributed by atoms with Crippen LogP contribution in [0.1, 0.15) is 55.0 Å². The molecule has 4 rings (SSSR count). The molecule has 0 radical (unpaired) electrons. The summed E-state index contributed by atoms with van der Waals surface area (Å²) in [5, 5.41) is 10.8. The van der Waals surface area contributed by atoms with Gasteiger partial charge in [-0.2, -0.15) is 0 Å². The van der Waals surface area contributed by atoms with Gasteiger partial charge in [0, 0.05) is 23.7 Å². The molecule has 2 heterocycles. The summed E-state index contributed by atoms with van der Waals surface area (Å²) < 4.78 is 21.1. The molecule has 0 aliphatic carbocycles. The molecule has 1 unspecified atom stereocenters. The molecule has 1 aliphatic heterocycles. The van der Waals surface area contributed by atoms with Gasteiger partial charge in [-0.15, -0.1) is 0 Å². The van der Waals surface area contributed by atoms with Crippen molar-refractivity contribution in [2.45, 2.75) is 51.2 Å². The Labute approximate surface area is 212 Å². The van der Waals surface area contributed by atoms with Crippen molar-refractivity contribution in [2.75, 3.05) is 26.7 Å². The molecule has 0 spiro atoms. The number of hydrogen-bond acceptors (Lipinski definition) is 5. The SMILES string of the molecule is COc1ccc2ncc(CN)c(C(F)CCC3(C(=O)O)CCN(CCCc4ccccc4)CC3)c2c1. The normalized spacial score (nSPS) is 16.6. The number of carboxylic acid groups (broad SMARTS) is 1. The summed E-state index contributed by atoms with van der Waals surface area (Å²) in [7, 11) is 1.57. The average Bonchev–Trinajstić information content (AvgIpc) is 2.92. The topological polar surface area (TPSA) is 88.7 Å². The lowest BCUT2D eigenvalue weighted by Gasteiger charge is -2.39. The number of piperidine rings is 1. The smallest absolute Gasteiger partial charge is 0.309 e. The van der Waals surface area contributed by atoms with Crippen LogP contribution in [-0.4, -0.2) is 47.7 Å². The molecule has 1 saturated heterocycles. The molecule has 1 aromatic heterocycles. The van der Waals surface area contributed by atoms with E-state index in [1.807, 2.05) is 6.07 Å². The number of aromatic nitrogens is 1. The molecule has 0 saturated carbocycles.